The molecule has 0 fully saturated rings. The van der Waals surface area contributed by atoms with E-state index in [1.807, 2.05) is 0 Å². The fourth-order valence-corrected chi connectivity index (χ4v) is 0.224. The Morgan fingerprint density at radius 3 is 1.57 bits per heavy atom. The Morgan fingerprint density at radius 1 is 1.29 bits per heavy atom. The van der Waals surface area contributed by atoms with E-state index >= 15 is 0 Å². The number of hydrogen-bond donors (Lipinski definition) is 0. The quantitative estimate of drug-likeness (QED) is 0.511. The first-order valence-electron chi connectivity index (χ1n) is 1.36. The standard InChI is InChI=1S/C2H6O3P.Sn/c1-4-6(3)5-2;/h1-2H3;/q+1;. The second kappa shape index (κ2) is 6.82. The Labute approximate surface area is 60.3 Å². The smallest absolute Gasteiger partial charge is 0.122 e. The molecule has 0 spiro atoms. The first-order chi connectivity index (χ1) is 2.81. The van der Waals surface area contributed by atoms with E-state index in [1.165, 1.54) is 14.2 Å². The van der Waals surface area contributed by atoms with Gasteiger partial charge in [-0.3, -0.25) is 0 Å². The van der Waals surface area contributed by atoms with Crippen molar-refractivity contribution in [1.82, 2.24) is 0 Å². The predicted octanol–water partition coefficient (Wildman–Crippen LogP) is 0.556. The molecule has 0 rings (SSSR count). The van der Waals surface area contributed by atoms with Crippen LogP contribution in [0, 0.1) is 0 Å². The summed E-state index contributed by atoms with van der Waals surface area (Å²) in [7, 11) is 0.817. The molecular weight excluding hydrogens is 222 g/mol. The summed E-state index contributed by atoms with van der Waals surface area (Å²) in [6, 6.07) is 0. The third-order valence-corrected chi connectivity index (χ3v) is 0.894. The van der Waals surface area contributed by atoms with Gasteiger partial charge in [0.25, 0.3) is 0 Å². The second-order valence-corrected chi connectivity index (χ2v) is 1.77. The number of rotatable bonds is 2. The molecule has 0 aromatic rings. The topological polar surface area (TPSA) is 35.5 Å². The molecule has 7 heavy (non-hydrogen) atoms. The largest absolute Gasteiger partial charge is 0.696 e. The molecule has 0 saturated carbocycles. The average molecular weight is 228 g/mol. The molecular formula is C2H6O3PSn+. The zero-order valence-electron chi connectivity index (χ0n) is 4.17. The van der Waals surface area contributed by atoms with Gasteiger partial charge in [-0.15, -0.1) is 9.05 Å². The van der Waals surface area contributed by atoms with Crippen LogP contribution in [0.1, 0.15) is 0 Å². The summed E-state index contributed by atoms with van der Waals surface area (Å²) >= 11 is 0. The van der Waals surface area contributed by atoms with Crippen LogP contribution in [0.15, 0.2) is 0 Å². The van der Waals surface area contributed by atoms with E-state index in [9.17, 15) is 4.57 Å². The first-order valence-corrected chi connectivity index (χ1v) is 2.46. The van der Waals surface area contributed by atoms with Gasteiger partial charge in [0.2, 0.25) is 0 Å². The van der Waals surface area contributed by atoms with Crippen LogP contribution < -0.4 is 0 Å². The van der Waals surface area contributed by atoms with E-state index in [0.717, 1.165) is 0 Å². The van der Waals surface area contributed by atoms with E-state index in [4.69, 9.17) is 0 Å². The van der Waals surface area contributed by atoms with Gasteiger partial charge in [-0.2, -0.15) is 0 Å². The van der Waals surface area contributed by atoms with Gasteiger partial charge in [0.05, 0.1) is 14.2 Å². The fraction of sp³-hybridized carbons (Fsp3) is 1.00. The van der Waals surface area contributed by atoms with Crippen molar-refractivity contribution < 1.29 is 13.6 Å². The van der Waals surface area contributed by atoms with Crippen LogP contribution in [0.5, 0.6) is 0 Å². The minimum Gasteiger partial charge on any atom is -0.122 e. The summed E-state index contributed by atoms with van der Waals surface area (Å²) in [6.45, 7) is 0. The summed E-state index contributed by atoms with van der Waals surface area (Å²) in [5.74, 6) is 0. The molecule has 3 nitrogen and oxygen atoms in total. The van der Waals surface area contributed by atoms with Crippen molar-refractivity contribution >= 4 is 32.2 Å². The minimum atomic E-state index is -1.83. The molecule has 0 aliphatic rings. The van der Waals surface area contributed by atoms with Crippen molar-refractivity contribution in [2.24, 2.45) is 0 Å². The molecule has 4 radical (unpaired) electrons. The molecule has 0 aliphatic heterocycles. The van der Waals surface area contributed by atoms with Crippen molar-refractivity contribution in [2.75, 3.05) is 14.2 Å². The molecule has 0 bridgehead atoms. The van der Waals surface area contributed by atoms with Gasteiger partial charge in [-0.05, 0) is 0 Å². The van der Waals surface area contributed by atoms with Crippen molar-refractivity contribution in [1.29, 1.82) is 0 Å². The van der Waals surface area contributed by atoms with Gasteiger partial charge in [0.15, 0.2) is 0 Å². The summed E-state index contributed by atoms with van der Waals surface area (Å²) < 4.78 is 18.3. The van der Waals surface area contributed by atoms with Crippen LogP contribution in [0.3, 0.4) is 0 Å². The van der Waals surface area contributed by atoms with Crippen LogP contribution in [0.2, 0.25) is 0 Å². The Balaban J connectivity index is 0. The fourth-order valence-electron chi connectivity index (χ4n) is 0.0745. The maximum absolute atomic E-state index is 9.88. The zero-order valence-corrected chi connectivity index (χ0v) is 7.92. The maximum atomic E-state index is 9.88. The predicted molar refractivity (Wildman–Crippen MR) is 27.4 cm³/mol. The Morgan fingerprint density at radius 2 is 1.57 bits per heavy atom. The normalized spacial score (nSPS) is 7.14. The molecule has 0 aromatic carbocycles. The minimum absolute atomic E-state index is 0. The van der Waals surface area contributed by atoms with E-state index in [-0.39, 0.29) is 23.9 Å². The van der Waals surface area contributed by atoms with Crippen LogP contribution in [0.4, 0.5) is 0 Å². The van der Waals surface area contributed by atoms with Crippen molar-refractivity contribution in [3.8, 4) is 0 Å². The molecule has 0 atom stereocenters. The zero-order chi connectivity index (χ0) is 4.99. The van der Waals surface area contributed by atoms with Gasteiger partial charge in [0.1, 0.15) is 0 Å². The van der Waals surface area contributed by atoms with E-state index in [1.54, 1.807) is 0 Å². The van der Waals surface area contributed by atoms with Gasteiger partial charge in [0, 0.05) is 28.5 Å². The maximum Gasteiger partial charge on any atom is 0.696 e. The monoisotopic (exact) mass is 229 g/mol. The van der Waals surface area contributed by atoms with Gasteiger partial charge < -0.3 is 0 Å². The molecule has 0 aliphatic carbocycles. The molecule has 5 heteroatoms. The second-order valence-electron chi connectivity index (χ2n) is 0.589. The molecule has 0 heterocycles. The molecule has 0 N–H and O–H groups in total. The average Bonchev–Trinajstić information content (AvgIpc) is 1.65. The first kappa shape index (κ1) is 10.7. The molecule has 0 amide bonds. The Bertz CT molecular complexity index is 50.9. The van der Waals surface area contributed by atoms with Crippen LogP contribution in [-0.2, 0) is 13.6 Å². The summed E-state index contributed by atoms with van der Waals surface area (Å²) in [5, 5.41) is 0. The van der Waals surface area contributed by atoms with Crippen molar-refractivity contribution in [3.63, 3.8) is 0 Å². The molecule has 0 saturated heterocycles. The van der Waals surface area contributed by atoms with Gasteiger partial charge in [-0.25, -0.2) is 0 Å². The third-order valence-electron chi connectivity index (χ3n) is 0.298. The molecule has 40 valence electrons. The van der Waals surface area contributed by atoms with Crippen molar-refractivity contribution in [3.05, 3.63) is 0 Å². The van der Waals surface area contributed by atoms with Crippen LogP contribution in [0.25, 0.3) is 0 Å². The van der Waals surface area contributed by atoms with Crippen LogP contribution in [-0.4, -0.2) is 38.1 Å². The van der Waals surface area contributed by atoms with Crippen molar-refractivity contribution in [2.45, 2.75) is 0 Å². The third kappa shape index (κ3) is 6.82. The van der Waals surface area contributed by atoms with E-state index in [2.05, 4.69) is 9.05 Å². The van der Waals surface area contributed by atoms with Gasteiger partial charge >= 0.3 is 8.25 Å². The van der Waals surface area contributed by atoms with E-state index in [0.29, 0.717) is 0 Å². The summed E-state index contributed by atoms with van der Waals surface area (Å²) in [4.78, 5) is 0. The molecule has 0 unspecified atom stereocenters. The van der Waals surface area contributed by atoms with Crippen LogP contribution >= 0.6 is 8.25 Å². The summed E-state index contributed by atoms with van der Waals surface area (Å²) in [6.07, 6.45) is 0. The molecule has 0 aromatic heterocycles. The van der Waals surface area contributed by atoms with Gasteiger partial charge in [-0.1, -0.05) is 0 Å². The SMILES string of the molecule is CO[P+](=O)OC.[Sn]. The Hall–Kier alpha value is 0.819. The number of hydrogen-bond acceptors (Lipinski definition) is 3. The Kier molecular flexibility index (Phi) is 10.5. The summed E-state index contributed by atoms with van der Waals surface area (Å²) in [5.41, 5.74) is 0. The van der Waals surface area contributed by atoms with E-state index < -0.39 is 8.25 Å².